The van der Waals surface area contributed by atoms with Gasteiger partial charge in [-0.15, -0.1) is 0 Å². The number of aromatic nitrogens is 2. The predicted molar refractivity (Wildman–Crippen MR) is 169 cm³/mol. The number of benzene rings is 2. The minimum absolute atomic E-state index is 0.0521. The van der Waals surface area contributed by atoms with Crippen LogP contribution in [0.4, 0.5) is 0 Å². The van der Waals surface area contributed by atoms with E-state index in [9.17, 15) is 9.59 Å². The van der Waals surface area contributed by atoms with Gasteiger partial charge in [-0.25, -0.2) is 4.68 Å². The summed E-state index contributed by atoms with van der Waals surface area (Å²) >= 11 is 12.8. The SMILES string of the molecule is COc1cc2c(cc1/C(C=N)=C/NCC(=O)N(C)C)-c1c(c(C(=O)N3CCOCC3(C)C)nn1-c1cc(Cl)cc(Cl)c1)CO2. The molecule has 0 bridgehead atoms. The number of carbonyl (C=O) groups excluding carboxylic acids is 2. The van der Waals surface area contributed by atoms with Gasteiger partial charge in [0, 0.05) is 71.4 Å². The number of nitrogens with zero attached hydrogens (tertiary/aromatic N) is 4. The maximum Gasteiger partial charge on any atom is 0.275 e. The fraction of sp³-hybridized carbons (Fsp3) is 0.355. The number of likely N-dealkylation sites (N-methyl/N-ethyl adjacent to an activating group) is 1. The van der Waals surface area contributed by atoms with Gasteiger partial charge in [-0.3, -0.25) is 9.59 Å². The lowest BCUT2D eigenvalue weighted by molar-refractivity contribution is -0.127. The summed E-state index contributed by atoms with van der Waals surface area (Å²) in [6.45, 7) is 5.31. The van der Waals surface area contributed by atoms with Crippen LogP contribution in [0, 0.1) is 5.41 Å². The van der Waals surface area contributed by atoms with Crippen LogP contribution >= 0.6 is 23.2 Å². The molecule has 5 rings (SSSR count). The second kappa shape index (κ2) is 12.5. The van der Waals surface area contributed by atoms with E-state index in [-0.39, 0.29) is 30.7 Å². The summed E-state index contributed by atoms with van der Waals surface area (Å²) in [4.78, 5) is 29.5. The number of hydrogen-bond acceptors (Lipinski definition) is 8. The standard InChI is InChI=1S/C31H34Cl2N6O5/c1-31(2)17-43-7-6-38(31)30(41)28-24-16-44-26-12-25(42-5)22(18(13-34)14-35-15-27(40)37(3)4)11-23(26)29(24)39(36-28)21-9-19(32)8-20(33)10-21/h8-14,34-35H,6-7,15-17H2,1-5H3/b18-14+,34-13?. The lowest BCUT2D eigenvalue weighted by Crippen LogP contribution is -2.55. The third-order valence-corrected chi connectivity index (χ3v) is 8.01. The highest BCUT2D eigenvalue weighted by molar-refractivity contribution is 6.34. The molecule has 2 aromatic carbocycles. The van der Waals surface area contributed by atoms with Crippen LogP contribution in [-0.2, 0) is 16.1 Å². The molecule has 3 aromatic rings. The number of halogens is 2. The zero-order chi connectivity index (χ0) is 31.8. The maximum absolute atomic E-state index is 14.1. The molecule has 1 saturated heterocycles. The van der Waals surface area contributed by atoms with Crippen molar-refractivity contribution in [3.05, 3.63) is 63.4 Å². The summed E-state index contributed by atoms with van der Waals surface area (Å²) in [5.41, 5.74) is 3.17. The molecule has 0 saturated carbocycles. The van der Waals surface area contributed by atoms with Crippen LogP contribution < -0.4 is 14.8 Å². The average Bonchev–Trinajstić information content (AvgIpc) is 3.38. The zero-order valence-electron chi connectivity index (χ0n) is 25.2. The van der Waals surface area contributed by atoms with Crippen molar-refractivity contribution in [2.75, 3.05) is 47.5 Å². The van der Waals surface area contributed by atoms with Crippen LogP contribution in [0.15, 0.2) is 36.5 Å². The number of carbonyl (C=O) groups is 2. The first-order valence-corrected chi connectivity index (χ1v) is 14.7. The van der Waals surface area contributed by atoms with Crippen molar-refractivity contribution < 1.29 is 23.8 Å². The summed E-state index contributed by atoms with van der Waals surface area (Å²) in [5.74, 6) is 0.617. The van der Waals surface area contributed by atoms with E-state index in [2.05, 4.69) is 5.32 Å². The summed E-state index contributed by atoms with van der Waals surface area (Å²) in [6, 6.07) is 8.64. The monoisotopic (exact) mass is 640 g/mol. The number of hydrogen-bond donors (Lipinski definition) is 2. The van der Waals surface area contributed by atoms with Crippen LogP contribution in [0.1, 0.15) is 35.5 Å². The second-order valence-electron chi connectivity index (χ2n) is 11.3. The molecular formula is C31H34Cl2N6O5. The minimum atomic E-state index is -0.538. The van der Waals surface area contributed by atoms with Gasteiger partial charge in [-0.05, 0) is 38.1 Å². The molecule has 2 amide bonds. The molecule has 232 valence electrons. The number of allylic oxidation sites excluding steroid dienone is 1. The number of nitrogens with one attached hydrogen (secondary N) is 2. The van der Waals surface area contributed by atoms with Gasteiger partial charge < -0.3 is 34.7 Å². The molecule has 44 heavy (non-hydrogen) atoms. The molecule has 3 heterocycles. The first-order valence-electron chi connectivity index (χ1n) is 13.9. The van der Waals surface area contributed by atoms with Gasteiger partial charge >= 0.3 is 0 Å². The molecule has 0 atom stereocenters. The third-order valence-electron chi connectivity index (χ3n) is 7.57. The van der Waals surface area contributed by atoms with Crippen molar-refractivity contribution in [1.82, 2.24) is 24.9 Å². The van der Waals surface area contributed by atoms with Crippen molar-refractivity contribution in [1.29, 1.82) is 5.41 Å². The number of ether oxygens (including phenoxy) is 3. The van der Waals surface area contributed by atoms with Gasteiger partial charge in [0.15, 0.2) is 5.69 Å². The number of amides is 2. The van der Waals surface area contributed by atoms with Gasteiger partial charge in [0.25, 0.3) is 5.91 Å². The molecule has 2 aliphatic heterocycles. The third kappa shape index (κ3) is 5.99. The molecule has 2 aliphatic rings. The van der Waals surface area contributed by atoms with Crippen molar-refractivity contribution in [2.24, 2.45) is 0 Å². The minimum Gasteiger partial charge on any atom is -0.496 e. The van der Waals surface area contributed by atoms with Crippen LogP contribution in [-0.4, -0.2) is 90.7 Å². The van der Waals surface area contributed by atoms with Crippen LogP contribution in [0.5, 0.6) is 11.5 Å². The quantitative estimate of drug-likeness (QED) is 0.343. The van der Waals surface area contributed by atoms with E-state index in [0.29, 0.717) is 74.9 Å². The highest BCUT2D eigenvalue weighted by Gasteiger charge is 2.39. The van der Waals surface area contributed by atoms with Crippen LogP contribution in [0.3, 0.4) is 0 Å². The molecule has 1 aromatic heterocycles. The maximum atomic E-state index is 14.1. The van der Waals surface area contributed by atoms with Crippen LogP contribution in [0.25, 0.3) is 22.5 Å². The molecule has 0 spiro atoms. The molecule has 0 unspecified atom stereocenters. The van der Waals surface area contributed by atoms with E-state index in [0.717, 1.165) is 0 Å². The summed E-state index contributed by atoms with van der Waals surface area (Å²) < 4.78 is 19.2. The molecule has 1 fully saturated rings. The van der Waals surface area contributed by atoms with Gasteiger partial charge in [0.2, 0.25) is 5.91 Å². The van der Waals surface area contributed by atoms with Crippen molar-refractivity contribution >= 4 is 46.8 Å². The smallest absolute Gasteiger partial charge is 0.275 e. The lowest BCUT2D eigenvalue weighted by atomic mass is 9.95. The molecule has 11 nitrogen and oxygen atoms in total. The first kappa shape index (κ1) is 31.4. The number of methoxy groups -OCH3 is 1. The summed E-state index contributed by atoms with van der Waals surface area (Å²) in [5, 5.41) is 16.8. The lowest BCUT2D eigenvalue weighted by Gasteiger charge is -2.41. The molecule has 13 heteroatoms. The van der Waals surface area contributed by atoms with E-state index >= 15 is 0 Å². The Hall–Kier alpha value is -4.06. The van der Waals surface area contributed by atoms with Gasteiger partial charge in [-0.1, -0.05) is 23.2 Å². The molecule has 0 radical (unpaired) electrons. The zero-order valence-corrected chi connectivity index (χ0v) is 26.7. The number of morpholine rings is 1. The Bertz CT molecular complexity index is 1650. The highest BCUT2D eigenvalue weighted by atomic mass is 35.5. The summed E-state index contributed by atoms with van der Waals surface area (Å²) in [6.07, 6.45) is 2.76. The van der Waals surface area contributed by atoms with E-state index in [4.69, 9.17) is 47.9 Å². The Kier molecular flexibility index (Phi) is 8.92. The Morgan fingerprint density at radius 3 is 2.55 bits per heavy atom. The van der Waals surface area contributed by atoms with Crippen molar-refractivity contribution in [3.63, 3.8) is 0 Å². The Morgan fingerprint density at radius 2 is 1.91 bits per heavy atom. The van der Waals surface area contributed by atoms with Gasteiger partial charge in [0.05, 0.1) is 43.8 Å². The number of fused-ring (bicyclic) bond motifs is 3. The average molecular weight is 642 g/mol. The van der Waals surface area contributed by atoms with E-state index in [1.165, 1.54) is 18.2 Å². The van der Waals surface area contributed by atoms with Crippen molar-refractivity contribution in [3.8, 4) is 28.4 Å². The largest absolute Gasteiger partial charge is 0.496 e. The predicted octanol–water partition coefficient (Wildman–Crippen LogP) is 4.67. The molecule has 2 N–H and O–H groups in total. The Morgan fingerprint density at radius 1 is 1.18 bits per heavy atom. The van der Waals surface area contributed by atoms with Crippen LogP contribution in [0.2, 0.25) is 10.0 Å². The van der Waals surface area contributed by atoms with E-state index < -0.39 is 5.54 Å². The Balaban J connectivity index is 1.69. The molecule has 0 aliphatic carbocycles. The first-order chi connectivity index (χ1) is 20.9. The second-order valence-corrected chi connectivity index (χ2v) is 12.2. The normalized spacial score (nSPS) is 15.5. The van der Waals surface area contributed by atoms with Gasteiger partial charge in [-0.2, -0.15) is 5.10 Å². The number of rotatable bonds is 8. The van der Waals surface area contributed by atoms with Crippen molar-refractivity contribution in [2.45, 2.75) is 26.0 Å². The van der Waals surface area contributed by atoms with E-state index in [1.54, 1.807) is 54.1 Å². The molecular weight excluding hydrogens is 607 g/mol. The fourth-order valence-corrected chi connectivity index (χ4v) is 5.77. The van der Waals surface area contributed by atoms with E-state index in [1.807, 2.05) is 19.9 Å². The van der Waals surface area contributed by atoms with Gasteiger partial charge in [0.1, 0.15) is 18.1 Å². The fourth-order valence-electron chi connectivity index (χ4n) is 5.26. The Labute approximate surface area is 265 Å². The highest BCUT2D eigenvalue weighted by Crippen LogP contribution is 2.45. The summed E-state index contributed by atoms with van der Waals surface area (Å²) in [7, 11) is 4.87. The topological polar surface area (TPSA) is 122 Å².